The summed E-state index contributed by atoms with van der Waals surface area (Å²) in [5, 5.41) is 8.63. The summed E-state index contributed by atoms with van der Waals surface area (Å²) in [5.41, 5.74) is 0.515. The average molecular weight is 261 g/mol. The summed E-state index contributed by atoms with van der Waals surface area (Å²) < 4.78 is 0.588. The molecule has 1 aromatic rings. The molecule has 0 aromatic carbocycles. The van der Waals surface area contributed by atoms with Crippen LogP contribution in [-0.4, -0.2) is 21.0 Å². The summed E-state index contributed by atoms with van der Waals surface area (Å²) in [6.45, 7) is 6.05. The number of carboxylic acid groups (broad SMARTS) is 1. The Morgan fingerprint density at radius 2 is 2.14 bits per heavy atom. The molecule has 0 spiro atoms. The van der Waals surface area contributed by atoms with Gasteiger partial charge in [0.25, 0.3) is 0 Å². The molecule has 0 radical (unpaired) electrons. The molecule has 1 heterocycles. The van der Waals surface area contributed by atoms with Gasteiger partial charge in [0, 0.05) is 5.41 Å². The van der Waals surface area contributed by atoms with Gasteiger partial charge in [0.2, 0.25) is 0 Å². The lowest BCUT2D eigenvalue weighted by Gasteiger charge is -2.13. The number of halogens is 1. The third kappa shape index (κ3) is 2.57. The molecule has 2 N–H and O–H groups in total. The SMILES string of the molecule is CC(C)(C)c1nc(Br)c(CC(=O)O)[nH]1. The van der Waals surface area contributed by atoms with Crippen LogP contribution in [0.3, 0.4) is 0 Å². The number of hydrogen-bond donors (Lipinski definition) is 2. The number of nitrogens with zero attached hydrogens (tertiary/aromatic N) is 1. The first kappa shape index (κ1) is 11.2. The van der Waals surface area contributed by atoms with Crippen LogP contribution in [0.1, 0.15) is 32.3 Å². The first-order chi connectivity index (χ1) is 6.30. The van der Waals surface area contributed by atoms with Gasteiger partial charge in [-0.1, -0.05) is 20.8 Å². The quantitative estimate of drug-likeness (QED) is 0.856. The smallest absolute Gasteiger partial charge is 0.309 e. The Hall–Kier alpha value is -0.840. The highest BCUT2D eigenvalue weighted by molar-refractivity contribution is 9.10. The van der Waals surface area contributed by atoms with Crippen LogP contribution in [0.25, 0.3) is 0 Å². The average Bonchev–Trinajstić information content (AvgIpc) is 2.30. The Balaban J connectivity index is 2.99. The number of carbonyl (C=O) groups is 1. The van der Waals surface area contributed by atoms with Crippen LogP contribution in [0.2, 0.25) is 0 Å². The fraction of sp³-hybridized carbons (Fsp3) is 0.556. The summed E-state index contributed by atoms with van der Waals surface area (Å²) in [4.78, 5) is 17.8. The molecule has 0 aliphatic heterocycles. The first-order valence-corrected chi connectivity index (χ1v) is 5.06. The predicted octanol–water partition coefficient (Wildman–Crippen LogP) is 2.10. The fourth-order valence-electron chi connectivity index (χ4n) is 1.01. The van der Waals surface area contributed by atoms with E-state index >= 15 is 0 Å². The lowest BCUT2D eigenvalue weighted by Crippen LogP contribution is -2.13. The third-order valence-corrected chi connectivity index (χ3v) is 2.42. The predicted molar refractivity (Wildman–Crippen MR) is 56.3 cm³/mol. The monoisotopic (exact) mass is 260 g/mol. The van der Waals surface area contributed by atoms with Crippen LogP contribution in [0.4, 0.5) is 0 Å². The van der Waals surface area contributed by atoms with Gasteiger partial charge in [-0.25, -0.2) is 4.98 Å². The lowest BCUT2D eigenvalue weighted by atomic mass is 9.96. The molecule has 1 aromatic heterocycles. The maximum Gasteiger partial charge on any atom is 0.309 e. The molecule has 0 saturated heterocycles. The summed E-state index contributed by atoms with van der Waals surface area (Å²) >= 11 is 3.23. The van der Waals surface area contributed by atoms with Crippen LogP contribution in [0, 0.1) is 0 Å². The van der Waals surface area contributed by atoms with Crippen LogP contribution in [0.5, 0.6) is 0 Å². The number of nitrogens with one attached hydrogen (secondary N) is 1. The van der Waals surface area contributed by atoms with Gasteiger partial charge in [-0.3, -0.25) is 4.79 Å². The summed E-state index contributed by atoms with van der Waals surface area (Å²) in [6, 6.07) is 0. The summed E-state index contributed by atoms with van der Waals surface area (Å²) in [5.74, 6) is -0.0737. The van der Waals surface area contributed by atoms with Crippen LogP contribution in [-0.2, 0) is 16.6 Å². The van der Waals surface area contributed by atoms with Crippen molar-refractivity contribution in [2.45, 2.75) is 32.6 Å². The standard InChI is InChI=1S/C9H13BrN2O2/c1-9(2,3)8-11-5(4-6(13)14)7(10)12-8/h4H2,1-3H3,(H,11,12)(H,13,14). The number of rotatable bonds is 2. The minimum atomic E-state index is -0.866. The second-order valence-electron chi connectivity index (χ2n) is 4.18. The first-order valence-electron chi connectivity index (χ1n) is 4.27. The minimum Gasteiger partial charge on any atom is -0.481 e. The second-order valence-corrected chi connectivity index (χ2v) is 4.93. The van der Waals surface area contributed by atoms with E-state index < -0.39 is 5.97 Å². The topological polar surface area (TPSA) is 66.0 Å². The Bertz CT molecular complexity index is 352. The van der Waals surface area contributed by atoms with Crippen molar-refractivity contribution in [1.82, 2.24) is 9.97 Å². The van der Waals surface area contributed by atoms with E-state index in [0.29, 0.717) is 10.3 Å². The molecule has 0 unspecified atom stereocenters. The van der Waals surface area contributed by atoms with Crippen LogP contribution >= 0.6 is 15.9 Å². The molecule has 0 fully saturated rings. The van der Waals surface area contributed by atoms with Crippen molar-refractivity contribution in [2.75, 3.05) is 0 Å². The number of H-pyrrole nitrogens is 1. The van der Waals surface area contributed by atoms with Gasteiger partial charge in [-0.05, 0) is 15.9 Å². The Labute approximate surface area is 90.9 Å². The number of aromatic nitrogens is 2. The molecule has 78 valence electrons. The van der Waals surface area contributed by atoms with Crippen LogP contribution in [0.15, 0.2) is 4.60 Å². The highest BCUT2D eigenvalue weighted by atomic mass is 79.9. The van der Waals surface area contributed by atoms with Crippen LogP contribution < -0.4 is 0 Å². The summed E-state index contributed by atoms with van der Waals surface area (Å²) in [7, 11) is 0. The number of hydrogen-bond acceptors (Lipinski definition) is 2. The van der Waals surface area contributed by atoms with E-state index in [1.807, 2.05) is 20.8 Å². The zero-order valence-electron chi connectivity index (χ0n) is 8.39. The number of aromatic amines is 1. The molecule has 0 aliphatic carbocycles. The van der Waals surface area contributed by atoms with Gasteiger partial charge in [0.05, 0.1) is 12.1 Å². The van der Waals surface area contributed by atoms with Crippen molar-refractivity contribution in [3.8, 4) is 0 Å². The van der Waals surface area contributed by atoms with Gasteiger partial charge in [-0.15, -0.1) is 0 Å². The largest absolute Gasteiger partial charge is 0.481 e. The number of imidazole rings is 1. The van der Waals surface area contributed by atoms with E-state index in [0.717, 1.165) is 5.82 Å². The number of carboxylic acids is 1. The Morgan fingerprint density at radius 1 is 1.57 bits per heavy atom. The van der Waals surface area contributed by atoms with Crippen molar-refractivity contribution in [3.05, 3.63) is 16.1 Å². The van der Waals surface area contributed by atoms with Gasteiger partial charge in [0.1, 0.15) is 10.4 Å². The van der Waals surface area contributed by atoms with E-state index in [-0.39, 0.29) is 11.8 Å². The minimum absolute atomic E-state index is 0.0380. The Kier molecular flexibility index (Phi) is 2.99. The van der Waals surface area contributed by atoms with E-state index in [9.17, 15) is 4.79 Å². The van der Waals surface area contributed by atoms with Gasteiger partial charge in [-0.2, -0.15) is 0 Å². The highest BCUT2D eigenvalue weighted by Gasteiger charge is 2.20. The maximum absolute atomic E-state index is 10.5. The van der Waals surface area contributed by atoms with Gasteiger partial charge >= 0.3 is 5.97 Å². The molecule has 5 heteroatoms. The maximum atomic E-state index is 10.5. The molecular formula is C9H13BrN2O2. The molecule has 4 nitrogen and oxygen atoms in total. The zero-order chi connectivity index (χ0) is 10.9. The van der Waals surface area contributed by atoms with E-state index in [4.69, 9.17) is 5.11 Å². The molecule has 1 rings (SSSR count). The van der Waals surface area contributed by atoms with E-state index in [1.54, 1.807) is 0 Å². The van der Waals surface area contributed by atoms with Crippen molar-refractivity contribution >= 4 is 21.9 Å². The Morgan fingerprint density at radius 3 is 2.50 bits per heavy atom. The van der Waals surface area contributed by atoms with Crippen molar-refractivity contribution in [2.24, 2.45) is 0 Å². The molecule has 0 saturated carbocycles. The molecular weight excluding hydrogens is 248 g/mol. The van der Waals surface area contributed by atoms with Crippen molar-refractivity contribution in [1.29, 1.82) is 0 Å². The zero-order valence-corrected chi connectivity index (χ0v) is 9.97. The molecule has 0 atom stereocenters. The van der Waals surface area contributed by atoms with Gasteiger partial charge in [0.15, 0.2) is 0 Å². The summed E-state index contributed by atoms with van der Waals surface area (Å²) in [6.07, 6.45) is -0.0380. The third-order valence-electron chi connectivity index (χ3n) is 1.77. The van der Waals surface area contributed by atoms with Crippen molar-refractivity contribution in [3.63, 3.8) is 0 Å². The van der Waals surface area contributed by atoms with Crippen molar-refractivity contribution < 1.29 is 9.90 Å². The number of aliphatic carboxylic acids is 1. The lowest BCUT2D eigenvalue weighted by molar-refractivity contribution is -0.136. The fourth-order valence-corrected chi connectivity index (χ4v) is 1.43. The normalized spacial score (nSPS) is 11.7. The molecule has 0 bridgehead atoms. The van der Waals surface area contributed by atoms with E-state index in [1.165, 1.54) is 0 Å². The molecule has 14 heavy (non-hydrogen) atoms. The van der Waals surface area contributed by atoms with E-state index in [2.05, 4.69) is 25.9 Å². The highest BCUT2D eigenvalue weighted by Crippen LogP contribution is 2.23. The molecule has 0 aliphatic rings. The second kappa shape index (κ2) is 3.73. The van der Waals surface area contributed by atoms with Gasteiger partial charge < -0.3 is 10.1 Å². The molecule has 0 amide bonds.